The minimum Gasteiger partial charge on any atom is -0.480 e. The van der Waals surface area contributed by atoms with Crippen molar-refractivity contribution in [3.8, 4) is 0 Å². The molecule has 2 aliphatic rings. The Kier molecular flexibility index (Phi) is 10.4. The fourth-order valence-corrected chi connectivity index (χ4v) is 3.45. The molecule has 2 rings (SSSR count). The summed E-state index contributed by atoms with van der Waals surface area (Å²) >= 11 is 0. The second kappa shape index (κ2) is 13.3. The fraction of sp³-hybridized carbons (Fsp3) is 0.480. The Morgan fingerprint density at radius 1 is 0.861 bits per heavy atom. The number of hydrogen-bond donors (Lipinski definition) is 5. The molecule has 4 amide bonds. The van der Waals surface area contributed by atoms with Gasteiger partial charge in [0.05, 0.1) is 13.1 Å². The lowest BCUT2D eigenvalue weighted by atomic mass is 10.0. The molecule has 0 saturated heterocycles. The van der Waals surface area contributed by atoms with E-state index in [0.29, 0.717) is 12.8 Å². The number of nitrogens with one attached hydrogen (secondary N) is 4. The Morgan fingerprint density at radius 3 is 1.92 bits per heavy atom. The Bertz CT molecular complexity index is 989. The highest BCUT2D eigenvalue weighted by Crippen LogP contribution is 2.18. The third-order valence-corrected chi connectivity index (χ3v) is 5.14. The van der Waals surface area contributed by atoms with Gasteiger partial charge in [-0.1, -0.05) is 47.6 Å². The molecule has 0 heterocycles. The highest BCUT2D eigenvalue weighted by molar-refractivity contribution is 5.92. The summed E-state index contributed by atoms with van der Waals surface area (Å²) in [5, 5.41) is 19.0. The average Bonchev–Trinajstić information content (AvgIpc) is 3.48. The Hall–Kier alpha value is -3.89. The molecule has 0 aliphatic heterocycles. The maximum Gasteiger partial charge on any atom is 0.408 e. The van der Waals surface area contributed by atoms with E-state index in [2.05, 4.69) is 21.3 Å². The van der Waals surface area contributed by atoms with Crippen LogP contribution < -0.4 is 21.3 Å². The fourth-order valence-electron chi connectivity index (χ4n) is 3.45. The van der Waals surface area contributed by atoms with Crippen molar-refractivity contribution in [2.45, 2.75) is 64.1 Å². The summed E-state index contributed by atoms with van der Waals surface area (Å²) in [6, 6.07) is -2.07. The van der Waals surface area contributed by atoms with Crippen molar-refractivity contribution in [1.82, 2.24) is 21.3 Å². The number of rotatable bonds is 12. The monoisotopic (exact) mass is 502 g/mol. The molecule has 11 heteroatoms. The highest BCUT2D eigenvalue weighted by Gasteiger charge is 2.26. The minimum absolute atomic E-state index is 0.163. The van der Waals surface area contributed by atoms with Gasteiger partial charge in [-0.05, 0) is 46.5 Å². The van der Waals surface area contributed by atoms with Gasteiger partial charge in [0.2, 0.25) is 17.7 Å². The van der Waals surface area contributed by atoms with E-state index in [1.54, 1.807) is 26.8 Å². The summed E-state index contributed by atoms with van der Waals surface area (Å²) in [6.07, 6.45) is 12.1. The minimum atomic E-state index is -1.18. The van der Waals surface area contributed by atoms with Crippen LogP contribution in [0.15, 0.2) is 47.6 Å². The predicted molar refractivity (Wildman–Crippen MR) is 132 cm³/mol. The van der Waals surface area contributed by atoms with Gasteiger partial charge in [0.1, 0.15) is 17.7 Å². The van der Waals surface area contributed by atoms with Crippen LogP contribution in [0.25, 0.3) is 0 Å². The lowest BCUT2D eigenvalue weighted by Crippen LogP contribution is -2.51. The molecule has 0 saturated carbocycles. The number of carbonyl (C=O) groups excluding carboxylic acids is 4. The van der Waals surface area contributed by atoms with Crippen LogP contribution in [0.2, 0.25) is 0 Å². The summed E-state index contributed by atoms with van der Waals surface area (Å²) in [5.41, 5.74) is 1.07. The molecule has 196 valence electrons. The Morgan fingerprint density at radius 2 is 1.42 bits per heavy atom. The van der Waals surface area contributed by atoms with Gasteiger partial charge in [-0.2, -0.15) is 0 Å². The van der Waals surface area contributed by atoms with E-state index in [0.717, 1.165) is 11.1 Å². The lowest BCUT2D eigenvalue weighted by Gasteiger charge is -2.23. The van der Waals surface area contributed by atoms with Crippen molar-refractivity contribution >= 4 is 29.8 Å². The van der Waals surface area contributed by atoms with Gasteiger partial charge in [0.15, 0.2) is 0 Å². The standard InChI is InChI=1S/C25H34N4O7/c1-25(2,3)36-24(35)29-18(12-16-8-4-5-9-16)22(32)27-14-20(30)26-15-21(31)28-19(23(33)34)13-17-10-6-7-11-17/h4-8,10,18-19H,9,11-15H2,1-3H3,(H,26,30)(H,27,32)(H,28,31)(H,29,35)(H,33,34)/t18-,19-/m0/s1. The summed E-state index contributed by atoms with van der Waals surface area (Å²) in [5.74, 6) is -3.08. The molecule has 11 nitrogen and oxygen atoms in total. The first-order valence-electron chi connectivity index (χ1n) is 11.7. The van der Waals surface area contributed by atoms with E-state index >= 15 is 0 Å². The first kappa shape index (κ1) is 28.3. The summed E-state index contributed by atoms with van der Waals surface area (Å²) in [4.78, 5) is 60.6. The number of ether oxygens (including phenoxy) is 1. The van der Waals surface area contributed by atoms with Gasteiger partial charge in [0.25, 0.3) is 0 Å². The molecule has 0 aromatic heterocycles. The normalized spacial score (nSPS) is 15.9. The van der Waals surface area contributed by atoms with Crippen molar-refractivity contribution in [2.75, 3.05) is 13.1 Å². The summed E-state index contributed by atoms with van der Waals surface area (Å²) < 4.78 is 5.23. The zero-order valence-corrected chi connectivity index (χ0v) is 20.8. The SMILES string of the molecule is CC(C)(C)OC(=O)N[C@@H](CC1=CC=CC1)C(=O)NCC(=O)NCC(=O)N[C@@H](CC1=CC=CC1)C(=O)O. The first-order valence-corrected chi connectivity index (χ1v) is 11.7. The van der Waals surface area contributed by atoms with Crippen molar-refractivity contribution in [3.63, 3.8) is 0 Å². The molecule has 0 fully saturated rings. The van der Waals surface area contributed by atoms with E-state index in [4.69, 9.17) is 4.74 Å². The van der Waals surface area contributed by atoms with Gasteiger partial charge in [-0.25, -0.2) is 9.59 Å². The Balaban J connectivity index is 1.81. The molecule has 2 atom stereocenters. The van der Waals surface area contributed by atoms with E-state index < -0.39 is 60.6 Å². The van der Waals surface area contributed by atoms with E-state index in [9.17, 15) is 29.1 Å². The van der Waals surface area contributed by atoms with Crippen molar-refractivity contribution in [2.24, 2.45) is 0 Å². The first-order chi connectivity index (χ1) is 16.9. The van der Waals surface area contributed by atoms with Gasteiger partial charge in [0, 0.05) is 0 Å². The molecule has 2 aliphatic carbocycles. The van der Waals surface area contributed by atoms with Crippen LogP contribution in [0, 0.1) is 0 Å². The molecule has 0 bridgehead atoms. The van der Waals surface area contributed by atoms with Gasteiger partial charge in [-0.15, -0.1) is 0 Å². The summed E-state index contributed by atoms with van der Waals surface area (Å²) in [6.45, 7) is 4.22. The quantitative estimate of drug-likeness (QED) is 0.268. The van der Waals surface area contributed by atoms with Crippen molar-refractivity contribution in [1.29, 1.82) is 0 Å². The maximum absolute atomic E-state index is 12.7. The van der Waals surface area contributed by atoms with E-state index in [1.165, 1.54) is 0 Å². The zero-order chi connectivity index (χ0) is 26.7. The van der Waals surface area contributed by atoms with Crippen LogP contribution in [0.5, 0.6) is 0 Å². The lowest BCUT2D eigenvalue weighted by molar-refractivity contribution is -0.141. The maximum atomic E-state index is 12.7. The van der Waals surface area contributed by atoms with Gasteiger partial charge >= 0.3 is 12.1 Å². The number of alkyl carbamates (subject to hydrolysis) is 1. The van der Waals surface area contributed by atoms with Crippen molar-refractivity contribution in [3.05, 3.63) is 47.6 Å². The van der Waals surface area contributed by atoms with Crippen LogP contribution in [-0.4, -0.2) is 65.7 Å². The molecule has 5 N–H and O–H groups in total. The zero-order valence-electron chi connectivity index (χ0n) is 20.8. The van der Waals surface area contributed by atoms with Crippen molar-refractivity contribution < 1.29 is 33.8 Å². The molecule has 0 aromatic carbocycles. The molecule has 0 radical (unpaired) electrons. The second-order valence-electron chi connectivity index (χ2n) is 9.47. The van der Waals surface area contributed by atoms with E-state index in [1.807, 2.05) is 30.4 Å². The average molecular weight is 503 g/mol. The van der Waals surface area contributed by atoms with Crippen LogP contribution in [0.4, 0.5) is 4.79 Å². The number of carboxylic acid groups (broad SMARTS) is 1. The number of carbonyl (C=O) groups is 5. The molecular weight excluding hydrogens is 468 g/mol. The number of amides is 4. The largest absolute Gasteiger partial charge is 0.480 e. The number of aliphatic carboxylic acids is 1. The van der Waals surface area contributed by atoms with Crippen LogP contribution >= 0.6 is 0 Å². The summed E-state index contributed by atoms with van der Waals surface area (Å²) in [7, 11) is 0. The Labute approximate surface area is 210 Å². The van der Waals surface area contributed by atoms with Crippen LogP contribution in [-0.2, 0) is 23.9 Å². The molecule has 0 spiro atoms. The molecule has 0 aromatic rings. The molecular formula is C25H34N4O7. The highest BCUT2D eigenvalue weighted by atomic mass is 16.6. The third-order valence-electron chi connectivity index (χ3n) is 5.14. The number of hydrogen-bond acceptors (Lipinski definition) is 6. The van der Waals surface area contributed by atoms with Crippen LogP contribution in [0.3, 0.4) is 0 Å². The smallest absolute Gasteiger partial charge is 0.408 e. The van der Waals surface area contributed by atoms with Gasteiger partial charge in [-0.3, -0.25) is 14.4 Å². The third kappa shape index (κ3) is 10.6. The van der Waals surface area contributed by atoms with Gasteiger partial charge < -0.3 is 31.1 Å². The predicted octanol–water partition coefficient (Wildman–Crippen LogP) is 1.23. The molecule has 0 unspecified atom stereocenters. The van der Waals surface area contributed by atoms with Crippen LogP contribution in [0.1, 0.15) is 46.5 Å². The number of carboxylic acids is 1. The second-order valence-corrected chi connectivity index (χ2v) is 9.47. The molecule has 36 heavy (non-hydrogen) atoms. The van der Waals surface area contributed by atoms with E-state index in [-0.39, 0.29) is 12.8 Å². The topological polar surface area (TPSA) is 163 Å². The number of allylic oxidation sites excluding steroid dienone is 6.